The molecule has 0 aromatic carbocycles. The molecule has 0 heterocycles. The second-order valence-electron chi connectivity index (χ2n) is 5.91. The highest BCUT2D eigenvalue weighted by atomic mass is 32.1. The summed E-state index contributed by atoms with van der Waals surface area (Å²) in [4.78, 5) is 3.93. The van der Waals surface area contributed by atoms with Crippen molar-refractivity contribution in [2.75, 3.05) is 6.54 Å². The van der Waals surface area contributed by atoms with E-state index in [2.05, 4.69) is 41.4 Å². The topological polar surface area (TPSA) is 12.4 Å². The summed E-state index contributed by atoms with van der Waals surface area (Å²) in [6, 6.07) is 0. The predicted molar refractivity (Wildman–Crippen MR) is 99.3 cm³/mol. The molecule has 1 nitrogen and oxygen atoms in total. The minimum Gasteiger partial charge on any atom is -0.233 e. The average Bonchev–Trinajstić information content (AvgIpc) is 2.50. The summed E-state index contributed by atoms with van der Waals surface area (Å²) in [5.41, 5.74) is 0. The molecule has 0 aromatic rings. The Morgan fingerprint density at radius 2 is 1.19 bits per heavy atom. The first-order valence-electron chi connectivity index (χ1n) is 9.10. The van der Waals surface area contributed by atoms with Crippen LogP contribution in [0.15, 0.2) is 17.1 Å². The van der Waals surface area contributed by atoms with Crippen LogP contribution in [0.4, 0.5) is 0 Å². The number of rotatable bonds is 16. The molecule has 21 heavy (non-hydrogen) atoms. The quantitative estimate of drug-likeness (QED) is 0.128. The summed E-state index contributed by atoms with van der Waals surface area (Å²) >= 11 is 4.54. The lowest BCUT2D eigenvalue weighted by molar-refractivity contribution is 0.600. The summed E-state index contributed by atoms with van der Waals surface area (Å²) in [6.45, 7) is 3.14. The molecule has 0 radical (unpaired) electrons. The van der Waals surface area contributed by atoms with Crippen LogP contribution in [0.3, 0.4) is 0 Å². The van der Waals surface area contributed by atoms with E-state index in [1.165, 1.54) is 89.9 Å². The van der Waals surface area contributed by atoms with Crippen molar-refractivity contribution in [3.63, 3.8) is 0 Å². The van der Waals surface area contributed by atoms with E-state index in [9.17, 15) is 0 Å². The molecule has 0 spiro atoms. The minimum atomic E-state index is 0.866. The van der Waals surface area contributed by atoms with Crippen LogP contribution in [-0.2, 0) is 0 Å². The molecule has 0 unspecified atom stereocenters. The van der Waals surface area contributed by atoms with Gasteiger partial charge in [-0.15, -0.1) is 0 Å². The monoisotopic (exact) mass is 309 g/mol. The lowest BCUT2D eigenvalue weighted by Gasteiger charge is -1.99. The molecular formula is C19H35NS. The molecule has 122 valence electrons. The number of thiocarbonyl (C=S) groups is 1. The first-order chi connectivity index (χ1) is 10.4. The Kier molecular flexibility index (Phi) is 19.1. The van der Waals surface area contributed by atoms with Crippen molar-refractivity contribution in [1.82, 2.24) is 0 Å². The van der Waals surface area contributed by atoms with E-state index in [1.807, 2.05) is 0 Å². The van der Waals surface area contributed by atoms with Gasteiger partial charge in [0.1, 0.15) is 0 Å². The van der Waals surface area contributed by atoms with Crippen LogP contribution in [0.25, 0.3) is 0 Å². The summed E-state index contributed by atoms with van der Waals surface area (Å²) in [5, 5.41) is 2.42. The van der Waals surface area contributed by atoms with Crippen molar-refractivity contribution >= 4 is 17.4 Å². The van der Waals surface area contributed by atoms with Crippen LogP contribution in [0.2, 0.25) is 0 Å². The molecule has 0 aromatic heterocycles. The summed E-state index contributed by atoms with van der Waals surface area (Å²) < 4.78 is 0. The number of hydrogen-bond donors (Lipinski definition) is 0. The standard InChI is InChI=1S/C19H35NS/c1-2-3-4-5-6-7-8-9-10-11-12-13-14-15-16-17-18-20-19-21/h9-10H,2-8,11-18H2,1H3/b10-9+. The Bertz CT molecular complexity index is 267. The molecule has 0 bridgehead atoms. The highest BCUT2D eigenvalue weighted by Gasteiger charge is 1.91. The molecule has 0 amide bonds. The Labute approximate surface area is 138 Å². The second-order valence-corrected chi connectivity index (χ2v) is 6.09. The Morgan fingerprint density at radius 3 is 1.71 bits per heavy atom. The molecule has 0 saturated heterocycles. The Morgan fingerprint density at radius 1 is 0.714 bits per heavy atom. The van der Waals surface area contributed by atoms with Crippen molar-refractivity contribution in [3.8, 4) is 0 Å². The van der Waals surface area contributed by atoms with E-state index in [4.69, 9.17) is 0 Å². The van der Waals surface area contributed by atoms with Crippen LogP contribution >= 0.6 is 12.2 Å². The van der Waals surface area contributed by atoms with Gasteiger partial charge in [0.15, 0.2) is 0 Å². The van der Waals surface area contributed by atoms with Crippen LogP contribution in [0.5, 0.6) is 0 Å². The molecule has 0 atom stereocenters. The van der Waals surface area contributed by atoms with Gasteiger partial charge in [-0.1, -0.05) is 76.9 Å². The zero-order valence-corrected chi connectivity index (χ0v) is 14.9. The van der Waals surface area contributed by atoms with Gasteiger partial charge in [-0.2, -0.15) is 0 Å². The van der Waals surface area contributed by atoms with Crippen LogP contribution in [0.1, 0.15) is 96.8 Å². The molecule has 0 rings (SSSR count). The highest BCUT2D eigenvalue weighted by molar-refractivity contribution is 7.78. The maximum absolute atomic E-state index is 4.54. The first-order valence-corrected chi connectivity index (χ1v) is 9.51. The van der Waals surface area contributed by atoms with Gasteiger partial charge < -0.3 is 0 Å². The van der Waals surface area contributed by atoms with Gasteiger partial charge in [0.2, 0.25) is 0 Å². The SMILES string of the molecule is CCCCCCCC/C=C/CCCCCCCCN=C=S. The minimum absolute atomic E-state index is 0.866. The Balaban J connectivity index is 3.06. The Hall–Kier alpha value is -0.460. The van der Waals surface area contributed by atoms with Crippen LogP contribution in [-0.4, -0.2) is 11.7 Å². The normalized spacial score (nSPS) is 10.9. The highest BCUT2D eigenvalue weighted by Crippen LogP contribution is 2.09. The fraction of sp³-hybridized carbons (Fsp3) is 0.842. The fourth-order valence-electron chi connectivity index (χ4n) is 2.48. The number of aliphatic imine (C=N–C) groups is 1. The van der Waals surface area contributed by atoms with Crippen molar-refractivity contribution in [2.45, 2.75) is 96.8 Å². The maximum Gasteiger partial charge on any atom is 0.0584 e. The van der Waals surface area contributed by atoms with Gasteiger partial charge in [0, 0.05) is 6.54 Å². The number of unbranched alkanes of at least 4 members (excludes halogenated alkanes) is 12. The van der Waals surface area contributed by atoms with Gasteiger partial charge in [-0.25, -0.2) is 4.99 Å². The first kappa shape index (κ1) is 20.5. The number of hydrogen-bond acceptors (Lipinski definition) is 2. The smallest absolute Gasteiger partial charge is 0.0584 e. The van der Waals surface area contributed by atoms with Crippen molar-refractivity contribution < 1.29 is 0 Å². The largest absolute Gasteiger partial charge is 0.233 e. The van der Waals surface area contributed by atoms with Crippen molar-refractivity contribution in [2.24, 2.45) is 4.99 Å². The van der Waals surface area contributed by atoms with E-state index in [-0.39, 0.29) is 0 Å². The summed E-state index contributed by atoms with van der Waals surface area (Å²) in [5.74, 6) is 0. The number of nitrogens with zero attached hydrogens (tertiary/aromatic N) is 1. The number of isothiocyanates is 1. The van der Waals surface area contributed by atoms with E-state index < -0.39 is 0 Å². The van der Waals surface area contributed by atoms with Crippen LogP contribution in [0, 0.1) is 0 Å². The summed E-state index contributed by atoms with van der Waals surface area (Å²) in [6.07, 6.45) is 23.6. The molecule has 0 fully saturated rings. The lowest BCUT2D eigenvalue weighted by Crippen LogP contribution is -1.82. The van der Waals surface area contributed by atoms with Gasteiger partial charge in [-0.05, 0) is 44.3 Å². The van der Waals surface area contributed by atoms with Gasteiger partial charge >= 0.3 is 0 Å². The van der Waals surface area contributed by atoms with Crippen molar-refractivity contribution in [1.29, 1.82) is 0 Å². The van der Waals surface area contributed by atoms with Gasteiger partial charge in [0.05, 0.1) is 5.16 Å². The molecule has 0 aliphatic heterocycles. The van der Waals surface area contributed by atoms with Crippen molar-refractivity contribution in [3.05, 3.63) is 12.2 Å². The third-order valence-corrected chi connectivity index (χ3v) is 3.98. The van der Waals surface area contributed by atoms with E-state index in [1.54, 1.807) is 0 Å². The van der Waals surface area contributed by atoms with Gasteiger partial charge in [-0.3, -0.25) is 0 Å². The third-order valence-electron chi connectivity index (χ3n) is 3.85. The molecule has 0 N–H and O–H groups in total. The average molecular weight is 310 g/mol. The molecule has 0 aliphatic carbocycles. The molecule has 2 heteroatoms. The fourth-order valence-corrected chi connectivity index (χ4v) is 2.58. The van der Waals surface area contributed by atoms with Gasteiger partial charge in [0.25, 0.3) is 0 Å². The zero-order chi connectivity index (χ0) is 15.4. The molecular weight excluding hydrogens is 274 g/mol. The molecule has 0 saturated carbocycles. The summed E-state index contributed by atoms with van der Waals surface area (Å²) in [7, 11) is 0. The maximum atomic E-state index is 4.54. The van der Waals surface area contributed by atoms with E-state index in [0.717, 1.165) is 6.54 Å². The van der Waals surface area contributed by atoms with E-state index >= 15 is 0 Å². The number of allylic oxidation sites excluding steroid dienone is 2. The van der Waals surface area contributed by atoms with Crippen LogP contribution < -0.4 is 0 Å². The predicted octanol–water partition coefficient (Wildman–Crippen LogP) is 7.13. The van der Waals surface area contributed by atoms with E-state index in [0.29, 0.717) is 0 Å². The second kappa shape index (κ2) is 19.5. The third kappa shape index (κ3) is 19.5. The molecule has 0 aliphatic rings. The lowest BCUT2D eigenvalue weighted by atomic mass is 10.1. The zero-order valence-electron chi connectivity index (χ0n) is 14.1.